The molecule has 136 valence electrons. The average molecular weight is 343 g/mol. The lowest BCUT2D eigenvalue weighted by Gasteiger charge is -2.11. The maximum Gasteiger partial charge on any atom is 0.190 e. The van der Waals surface area contributed by atoms with Crippen molar-refractivity contribution in [3.05, 3.63) is 48.3 Å². The standard InChI is InChI=1S/C19H29N5O/c1-3-25-14-8-7-12-21-19(20-2)22-13-11-17-15-23-24(16-17)18-9-5-4-6-10-18/h4-6,9-10,15-16H,3,7-8,11-14H2,1-2H3,(H2,20,21,22). The maximum atomic E-state index is 5.33. The van der Waals surface area contributed by atoms with Gasteiger partial charge < -0.3 is 15.4 Å². The molecule has 0 spiro atoms. The minimum Gasteiger partial charge on any atom is -0.382 e. The Hall–Kier alpha value is -2.34. The number of aromatic nitrogens is 2. The Morgan fingerprint density at radius 1 is 1.16 bits per heavy atom. The molecule has 0 fully saturated rings. The topological polar surface area (TPSA) is 63.5 Å². The molecule has 6 nitrogen and oxygen atoms in total. The number of benzene rings is 1. The molecule has 0 saturated carbocycles. The number of ether oxygens (including phenoxy) is 1. The van der Waals surface area contributed by atoms with Crippen molar-refractivity contribution >= 4 is 5.96 Å². The summed E-state index contributed by atoms with van der Waals surface area (Å²) in [5.41, 5.74) is 2.27. The minimum atomic E-state index is 0.789. The van der Waals surface area contributed by atoms with E-state index < -0.39 is 0 Å². The smallest absolute Gasteiger partial charge is 0.190 e. The molecule has 0 aliphatic rings. The predicted octanol–water partition coefficient (Wildman–Crippen LogP) is 2.40. The summed E-state index contributed by atoms with van der Waals surface area (Å²) in [5.74, 6) is 0.840. The summed E-state index contributed by atoms with van der Waals surface area (Å²) in [6.45, 7) is 5.36. The molecular formula is C19H29N5O. The van der Waals surface area contributed by atoms with Crippen LogP contribution in [0.2, 0.25) is 0 Å². The second-order valence-corrected chi connectivity index (χ2v) is 5.71. The highest BCUT2D eigenvalue weighted by molar-refractivity contribution is 5.79. The molecule has 0 saturated heterocycles. The number of nitrogens with zero attached hydrogens (tertiary/aromatic N) is 3. The van der Waals surface area contributed by atoms with E-state index in [1.54, 1.807) is 7.05 Å². The van der Waals surface area contributed by atoms with Crippen LogP contribution in [0.25, 0.3) is 5.69 Å². The van der Waals surface area contributed by atoms with Crippen LogP contribution in [0.3, 0.4) is 0 Å². The first kappa shape index (κ1) is 19.0. The lowest BCUT2D eigenvalue weighted by atomic mass is 10.2. The fourth-order valence-corrected chi connectivity index (χ4v) is 2.44. The van der Waals surface area contributed by atoms with E-state index in [1.807, 2.05) is 48.1 Å². The van der Waals surface area contributed by atoms with Gasteiger partial charge in [0.2, 0.25) is 0 Å². The van der Waals surface area contributed by atoms with E-state index in [1.165, 1.54) is 5.56 Å². The fraction of sp³-hybridized carbons (Fsp3) is 0.474. The Morgan fingerprint density at radius 2 is 1.96 bits per heavy atom. The largest absolute Gasteiger partial charge is 0.382 e. The number of hydrogen-bond donors (Lipinski definition) is 2. The predicted molar refractivity (Wildman–Crippen MR) is 102 cm³/mol. The lowest BCUT2D eigenvalue weighted by Crippen LogP contribution is -2.38. The van der Waals surface area contributed by atoms with Gasteiger partial charge in [0.1, 0.15) is 0 Å². The van der Waals surface area contributed by atoms with Crippen molar-refractivity contribution in [1.82, 2.24) is 20.4 Å². The van der Waals surface area contributed by atoms with Gasteiger partial charge in [-0.25, -0.2) is 4.68 Å². The molecule has 0 bridgehead atoms. The number of aliphatic imine (C=N–C) groups is 1. The van der Waals surface area contributed by atoms with Crippen molar-refractivity contribution in [3.63, 3.8) is 0 Å². The Morgan fingerprint density at radius 3 is 2.72 bits per heavy atom. The second kappa shape index (κ2) is 11.3. The lowest BCUT2D eigenvalue weighted by molar-refractivity contribution is 0.143. The third kappa shape index (κ3) is 6.97. The zero-order valence-corrected chi connectivity index (χ0v) is 15.2. The zero-order valence-electron chi connectivity index (χ0n) is 15.2. The van der Waals surface area contributed by atoms with Crippen LogP contribution in [0.4, 0.5) is 0 Å². The van der Waals surface area contributed by atoms with E-state index in [9.17, 15) is 0 Å². The summed E-state index contributed by atoms with van der Waals surface area (Å²) in [6.07, 6.45) is 7.03. The molecule has 1 aromatic carbocycles. The summed E-state index contributed by atoms with van der Waals surface area (Å²) < 4.78 is 7.24. The molecule has 0 radical (unpaired) electrons. The van der Waals surface area contributed by atoms with Crippen molar-refractivity contribution in [2.24, 2.45) is 4.99 Å². The summed E-state index contributed by atoms with van der Waals surface area (Å²) in [5, 5.41) is 11.1. The summed E-state index contributed by atoms with van der Waals surface area (Å²) in [6, 6.07) is 10.1. The Balaban J connectivity index is 1.66. The fourth-order valence-electron chi connectivity index (χ4n) is 2.44. The minimum absolute atomic E-state index is 0.789. The molecule has 2 rings (SSSR count). The molecule has 0 aliphatic carbocycles. The Bertz CT molecular complexity index is 624. The van der Waals surface area contributed by atoms with E-state index in [0.29, 0.717) is 0 Å². The van der Waals surface area contributed by atoms with E-state index in [2.05, 4.69) is 26.9 Å². The van der Waals surface area contributed by atoms with E-state index in [0.717, 1.165) is 57.2 Å². The van der Waals surface area contributed by atoms with Gasteiger partial charge in [-0.05, 0) is 43.9 Å². The van der Waals surface area contributed by atoms with E-state index >= 15 is 0 Å². The van der Waals surface area contributed by atoms with Gasteiger partial charge in [-0.15, -0.1) is 0 Å². The van der Waals surface area contributed by atoms with Gasteiger partial charge in [-0.3, -0.25) is 4.99 Å². The molecule has 0 atom stereocenters. The van der Waals surface area contributed by atoms with Crippen LogP contribution in [-0.2, 0) is 11.2 Å². The quantitative estimate of drug-likeness (QED) is 0.395. The summed E-state index contributed by atoms with van der Waals surface area (Å²) in [7, 11) is 1.79. The molecule has 6 heteroatoms. The van der Waals surface area contributed by atoms with Crippen LogP contribution >= 0.6 is 0 Å². The first-order chi connectivity index (χ1) is 12.3. The van der Waals surface area contributed by atoms with Gasteiger partial charge in [0.25, 0.3) is 0 Å². The molecule has 1 aromatic heterocycles. The molecular weight excluding hydrogens is 314 g/mol. The van der Waals surface area contributed by atoms with Gasteiger partial charge in [0.15, 0.2) is 5.96 Å². The number of rotatable bonds is 10. The monoisotopic (exact) mass is 343 g/mol. The van der Waals surface area contributed by atoms with E-state index in [-0.39, 0.29) is 0 Å². The normalized spacial score (nSPS) is 11.5. The first-order valence-corrected chi connectivity index (χ1v) is 8.94. The third-order valence-corrected chi connectivity index (χ3v) is 3.80. The highest BCUT2D eigenvalue weighted by Crippen LogP contribution is 2.07. The molecule has 0 aliphatic heterocycles. The van der Waals surface area contributed by atoms with Crippen LogP contribution < -0.4 is 10.6 Å². The van der Waals surface area contributed by atoms with Gasteiger partial charge in [0.05, 0.1) is 11.9 Å². The van der Waals surface area contributed by atoms with Crippen LogP contribution in [0, 0.1) is 0 Å². The van der Waals surface area contributed by atoms with Crippen molar-refractivity contribution in [1.29, 1.82) is 0 Å². The molecule has 25 heavy (non-hydrogen) atoms. The van der Waals surface area contributed by atoms with Gasteiger partial charge in [-0.2, -0.15) is 5.10 Å². The number of unbranched alkanes of at least 4 members (excludes halogenated alkanes) is 1. The summed E-state index contributed by atoms with van der Waals surface area (Å²) in [4.78, 5) is 4.25. The third-order valence-electron chi connectivity index (χ3n) is 3.80. The van der Waals surface area contributed by atoms with Crippen molar-refractivity contribution in [3.8, 4) is 5.69 Å². The maximum absolute atomic E-state index is 5.33. The van der Waals surface area contributed by atoms with Crippen LogP contribution in [0.15, 0.2) is 47.7 Å². The first-order valence-electron chi connectivity index (χ1n) is 8.94. The zero-order chi connectivity index (χ0) is 17.7. The van der Waals surface area contributed by atoms with Gasteiger partial charge in [0, 0.05) is 39.5 Å². The number of para-hydroxylation sites is 1. The highest BCUT2D eigenvalue weighted by Gasteiger charge is 2.02. The number of guanidine groups is 1. The molecule has 1 heterocycles. The van der Waals surface area contributed by atoms with Gasteiger partial charge in [-0.1, -0.05) is 18.2 Å². The summed E-state index contributed by atoms with van der Waals surface area (Å²) >= 11 is 0. The Labute approximate surface area is 150 Å². The van der Waals surface area contributed by atoms with Crippen LogP contribution in [-0.4, -0.2) is 49.1 Å². The van der Waals surface area contributed by atoms with Crippen molar-refractivity contribution < 1.29 is 4.74 Å². The molecule has 2 N–H and O–H groups in total. The SMILES string of the molecule is CCOCCCCNC(=NC)NCCc1cnn(-c2ccccc2)c1. The number of nitrogens with one attached hydrogen (secondary N) is 2. The molecule has 0 amide bonds. The van der Waals surface area contributed by atoms with Gasteiger partial charge >= 0.3 is 0 Å². The second-order valence-electron chi connectivity index (χ2n) is 5.71. The Kier molecular flexibility index (Phi) is 8.55. The molecule has 0 unspecified atom stereocenters. The van der Waals surface area contributed by atoms with E-state index in [4.69, 9.17) is 4.74 Å². The van der Waals surface area contributed by atoms with Crippen molar-refractivity contribution in [2.75, 3.05) is 33.4 Å². The van der Waals surface area contributed by atoms with Crippen LogP contribution in [0.1, 0.15) is 25.3 Å². The van der Waals surface area contributed by atoms with Crippen molar-refractivity contribution in [2.45, 2.75) is 26.2 Å². The van der Waals surface area contributed by atoms with Crippen LogP contribution in [0.5, 0.6) is 0 Å². The average Bonchev–Trinajstić information content (AvgIpc) is 3.12. The number of hydrogen-bond acceptors (Lipinski definition) is 3. The molecule has 2 aromatic rings. The highest BCUT2D eigenvalue weighted by atomic mass is 16.5.